The Hall–Kier alpha value is -2.05. The zero-order chi connectivity index (χ0) is 22.8. The van der Waals surface area contributed by atoms with E-state index in [1.807, 2.05) is 20.8 Å². The summed E-state index contributed by atoms with van der Waals surface area (Å²) < 4.78 is 26.6. The van der Waals surface area contributed by atoms with Gasteiger partial charge in [-0.15, -0.1) is 0 Å². The summed E-state index contributed by atoms with van der Waals surface area (Å²) in [6.45, 7) is 11.6. The Kier molecular flexibility index (Phi) is 7.59. The fourth-order valence-electron chi connectivity index (χ4n) is 3.69. The van der Waals surface area contributed by atoms with Crippen LogP contribution in [0.15, 0.2) is 30.3 Å². The molecule has 164 valence electrons. The Morgan fingerprint density at radius 2 is 1.63 bits per heavy atom. The zero-order valence-corrected chi connectivity index (χ0v) is 20.3. The van der Waals surface area contributed by atoms with E-state index in [1.165, 1.54) is 9.87 Å². The minimum absolute atomic E-state index is 0.257. The first kappa shape index (κ1) is 24.2. The average molecular weight is 451 g/mol. The van der Waals surface area contributed by atoms with Crippen LogP contribution in [0.4, 0.5) is 5.69 Å². The number of hydrogen-bond acceptors (Lipinski definition) is 3. The Labute approximate surface area is 185 Å². The van der Waals surface area contributed by atoms with Gasteiger partial charge in [0.15, 0.2) is 0 Å². The molecule has 2 aromatic carbocycles. The molecule has 0 saturated carbocycles. The highest BCUT2D eigenvalue weighted by atomic mass is 35.5. The molecule has 0 aromatic heterocycles. The highest BCUT2D eigenvalue weighted by Crippen LogP contribution is 2.30. The number of rotatable bonds is 7. The number of carbonyl (C=O) groups is 1. The predicted molar refractivity (Wildman–Crippen MR) is 125 cm³/mol. The lowest BCUT2D eigenvalue weighted by Gasteiger charge is -2.32. The van der Waals surface area contributed by atoms with E-state index in [2.05, 4.69) is 24.4 Å². The van der Waals surface area contributed by atoms with Crippen LogP contribution in [0.5, 0.6) is 0 Å². The Balaban J connectivity index is 2.41. The summed E-state index contributed by atoms with van der Waals surface area (Å²) in [7, 11) is -3.72. The fraction of sp³-hybridized carbons (Fsp3) is 0.435. The minimum Gasteiger partial charge on any atom is -0.348 e. The lowest BCUT2D eigenvalue weighted by molar-refractivity contribution is -0.122. The van der Waals surface area contributed by atoms with Crippen molar-refractivity contribution < 1.29 is 13.2 Å². The van der Waals surface area contributed by atoms with Gasteiger partial charge in [-0.1, -0.05) is 36.7 Å². The summed E-state index contributed by atoms with van der Waals surface area (Å²) in [6, 6.07) is 8.08. The number of amides is 1. The largest absolute Gasteiger partial charge is 0.348 e. The van der Waals surface area contributed by atoms with Gasteiger partial charge in [0.05, 0.1) is 18.0 Å². The molecule has 2 atom stereocenters. The molecular weight excluding hydrogens is 420 g/mol. The van der Waals surface area contributed by atoms with Gasteiger partial charge in [0.1, 0.15) is 6.04 Å². The first-order chi connectivity index (χ1) is 13.9. The van der Waals surface area contributed by atoms with E-state index in [4.69, 9.17) is 11.6 Å². The van der Waals surface area contributed by atoms with Crippen LogP contribution >= 0.6 is 11.6 Å². The van der Waals surface area contributed by atoms with E-state index in [0.29, 0.717) is 17.1 Å². The van der Waals surface area contributed by atoms with Gasteiger partial charge in [0, 0.05) is 5.02 Å². The molecular formula is C23H31ClN2O3S. The van der Waals surface area contributed by atoms with Crippen molar-refractivity contribution >= 4 is 33.2 Å². The summed E-state index contributed by atoms with van der Waals surface area (Å²) in [5, 5.41) is 3.43. The maximum absolute atomic E-state index is 13.2. The van der Waals surface area contributed by atoms with Crippen LogP contribution in [0.3, 0.4) is 0 Å². The van der Waals surface area contributed by atoms with Gasteiger partial charge in [-0.3, -0.25) is 9.10 Å². The van der Waals surface area contributed by atoms with Crippen molar-refractivity contribution in [3.63, 3.8) is 0 Å². The molecule has 0 aliphatic carbocycles. The zero-order valence-electron chi connectivity index (χ0n) is 18.7. The van der Waals surface area contributed by atoms with Crippen molar-refractivity contribution in [2.45, 2.75) is 60.0 Å². The number of carbonyl (C=O) groups excluding carboxylic acids is 1. The maximum Gasteiger partial charge on any atom is 0.244 e. The standard InChI is InChI=1S/C23H31ClN2O3S/c1-8-21(26(30(7,28)29)22-13-19(24)10-9-14(22)2)23(27)25-18(6)20-12-16(4)15(3)11-17(20)5/h9-13,18,21H,8H2,1-7H3,(H,25,27). The molecule has 2 aromatic rings. The number of anilines is 1. The number of hydrogen-bond donors (Lipinski definition) is 1. The molecule has 0 radical (unpaired) electrons. The smallest absolute Gasteiger partial charge is 0.244 e. The Morgan fingerprint density at radius 1 is 1.03 bits per heavy atom. The third-order valence-corrected chi connectivity index (χ3v) is 6.85. The van der Waals surface area contributed by atoms with Crippen molar-refractivity contribution in [2.24, 2.45) is 0 Å². The molecule has 1 N–H and O–H groups in total. The molecule has 5 nitrogen and oxygen atoms in total. The van der Waals surface area contributed by atoms with Gasteiger partial charge in [-0.25, -0.2) is 8.42 Å². The van der Waals surface area contributed by atoms with E-state index >= 15 is 0 Å². The maximum atomic E-state index is 13.2. The topological polar surface area (TPSA) is 66.5 Å². The van der Waals surface area contributed by atoms with Crippen LogP contribution < -0.4 is 9.62 Å². The molecule has 0 fully saturated rings. The van der Waals surface area contributed by atoms with Gasteiger partial charge >= 0.3 is 0 Å². The molecule has 0 saturated heterocycles. The van der Waals surface area contributed by atoms with Crippen LogP contribution in [0.1, 0.15) is 54.1 Å². The molecule has 30 heavy (non-hydrogen) atoms. The SMILES string of the molecule is CCC(C(=O)NC(C)c1cc(C)c(C)cc1C)N(c1cc(Cl)ccc1C)S(C)(=O)=O. The van der Waals surface area contributed by atoms with Crippen LogP contribution in [-0.2, 0) is 14.8 Å². The first-order valence-corrected chi connectivity index (χ1v) is 12.2. The van der Waals surface area contributed by atoms with E-state index in [9.17, 15) is 13.2 Å². The normalized spacial score (nSPS) is 13.6. The molecule has 1 amide bonds. The van der Waals surface area contributed by atoms with Crippen LogP contribution in [-0.4, -0.2) is 26.6 Å². The van der Waals surface area contributed by atoms with Crippen molar-refractivity contribution in [2.75, 3.05) is 10.6 Å². The number of benzene rings is 2. The average Bonchev–Trinajstić information content (AvgIpc) is 2.63. The summed E-state index contributed by atoms with van der Waals surface area (Å²) in [5.41, 5.74) is 5.60. The summed E-state index contributed by atoms with van der Waals surface area (Å²) >= 11 is 6.13. The minimum atomic E-state index is -3.72. The monoisotopic (exact) mass is 450 g/mol. The third-order valence-electron chi connectivity index (χ3n) is 5.45. The van der Waals surface area contributed by atoms with Gasteiger partial charge < -0.3 is 5.32 Å². The van der Waals surface area contributed by atoms with Crippen LogP contribution in [0.2, 0.25) is 5.02 Å². The summed E-state index contributed by atoms with van der Waals surface area (Å²) in [5.74, 6) is -0.340. The Morgan fingerprint density at radius 3 is 2.20 bits per heavy atom. The Bertz CT molecular complexity index is 1050. The molecule has 0 bridgehead atoms. The number of nitrogens with one attached hydrogen (secondary N) is 1. The molecule has 2 rings (SSSR count). The summed E-state index contributed by atoms with van der Waals surface area (Å²) in [4.78, 5) is 13.2. The lowest BCUT2D eigenvalue weighted by atomic mass is 9.96. The number of aryl methyl sites for hydroxylation is 4. The van der Waals surface area contributed by atoms with E-state index in [1.54, 1.807) is 32.0 Å². The number of sulfonamides is 1. The van der Waals surface area contributed by atoms with Gasteiger partial charge in [0.25, 0.3) is 0 Å². The molecule has 0 aliphatic rings. The van der Waals surface area contributed by atoms with Crippen molar-refractivity contribution in [3.05, 3.63) is 63.2 Å². The molecule has 2 unspecified atom stereocenters. The van der Waals surface area contributed by atoms with Gasteiger partial charge in [-0.05, 0) is 81.0 Å². The third kappa shape index (κ3) is 5.35. The molecule has 0 aliphatic heterocycles. The van der Waals surface area contributed by atoms with Crippen molar-refractivity contribution in [1.82, 2.24) is 5.32 Å². The van der Waals surface area contributed by atoms with E-state index < -0.39 is 16.1 Å². The molecule has 0 spiro atoms. The molecule has 7 heteroatoms. The fourth-order valence-corrected chi connectivity index (χ4v) is 5.12. The summed E-state index contributed by atoms with van der Waals surface area (Å²) in [6.07, 6.45) is 1.43. The van der Waals surface area contributed by atoms with E-state index in [0.717, 1.165) is 28.5 Å². The highest BCUT2D eigenvalue weighted by Gasteiger charge is 2.33. The van der Waals surface area contributed by atoms with Gasteiger partial charge in [-0.2, -0.15) is 0 Å². The van der Waals surface area contributed by atoms with Crippen LogP contribution in [0.25, 0.3) is 0 Å². The lowest BCUT2D eigenvalue weighted by Crippen LogP contribution is -2.50. The second-order valence-corrected chi connectivity index (χ2v) is 10.2. The second-order valence-electron chi connectivity index (χ2n) is 7.94. The second kappa shape index (κ2) is 9.40. The van der Waals surface area contributed by atoms with Crippen molar-refractivity contribution in [3.8, 4) is 0 Å². The highest BCUT2D eigenvalue weighted by molar-refractivity contribution is 7.92. The number of nitrogens with zero attached hydrogens (tertiary/aromatic N) is 1. The van der Waals surface area contributed by atoms with Crippen molar-refractivity contribution in [1.29, 1.82) is 0 Å². The quantitative estimate of drug-likeness (QED) is 0.645. The van der Waals surface area contributed by atoms with Crippen LogP contribution in [0, 0.1) is 27.7 Å². The first-order valence-electron chi connectivity index (χ1n) is 10.0. The van der Waals surface area contributed by atoms with E-state index in [-0.39, 0.29) is 11.9 Å². The molecule has 0 heterocycles. The number of halogens is 1. The predicted octanol–water partition coefficient (Wildman–Crippen LogP) is 5.00. The van der Waals surface area contributed by atoms with Gasteiger partial charge in [0.2, 0.25) is 15.9 Å².